The third kappa shape index (κ3) is 2.90. The van der Waals surface area contributed by atoms with Crippen LogP contribution in [0.2, 0.25) is 0 Å². The molecule has 3 rings (SSSR count). The summed E-state index contributed by atoms with van der Waals surface area (Å²) in [5.41, 5.74) is 1.47. The van der Waals surface area contributed by atoms with Crippen LogP contribution in [0.3, 0.4) is 0 Å². The molecule has 4 heteroatoms. The molecule has 4 nitrogen and oxygen atoms in total. The molecule has 1 saturated heterocycles. The summed E-state index contributed by atoms with van der Waals surface area (Å²) in [5.74, 6) is 0.696. The molecule has 1 unspecified atom stereocenters. The Balaban J connectivity index is 1.78. The molecule has 0 spiro atoms. The number of hydrogen-bond donors (Lipinski definition) is 0. The standard InChI is InChI=1S/C18H25NO3/c1-18(13-20)19(12-17(21-2)22-18)16-10-8-15(9-11-16)14-6-4-3-5-7-14/h8-11,13-14,17H,3-7,12H2,1-2H3/t17-,18?/m1/s1. The smallest absolute Gasteiger partial charge is 0.198 e. The first kappa shape index (κ1) is 15.5. The number of rotatable bonds is 4. The summed E-state index contributed by atoms with van der Waals surface area (Å²) in [6.07, 6.45) is 7.12. The molecule has 0 amide bonds. The van der Waals surface area contributed by atoms with E-state index in [9.17, 15) is 4.79 Å². The molecule has 1 aliphatic carbocycles. The molecule has 2 aliphatic rings. The van der Waals surface area contributed by atoms with Crippen molar-refractivity contribution in [3.8, 4) is 0 Å². The summed E-state index contributed by atoms with van der Waals surface area (Å²) in [6, 6.07) is 8.62. The normalized spacial score (nSPS) is 29.7. The van der Waals surface area contributed by atoms with E-state index >= 15 is 0 Å². The van der Waals surface area contributed by atoms with Gasteiger partial charge in [0.1, 0.15) is 0 Å². The Bertz CT molecular complexity index is 510. The van der Waals surface area contributed by atoms with Gasteiger partial charge in [-0.2, -0.15) is 0 Å². The number of methoxy groups -OCH3 is 1. The lowest BCUT2D eigenvalue weighted by atomic mass is 9.84. The third-order valence-electron chi connectivity index (χ3n) is 5.00. The lowest BCUT2D eigenvalue weighted by molar-refractivity contribution is -0.155. The molecular formula is C18H25NO3. The van der Waals surface area contributed by atoms with Gasteiger partial charge in [0, 0.05) is 12.8 Å². The lowest BCUT2D eigenvalue weighted by Gasteiger charge is -2.30. The van der Waals surface area contributed by atoms with Gasteiger partial charge in [0.2, 0.25) is 0 Å². The fraction of sp³-hybridized carbons (Fsp3) is 0.611. The van der Waals surface area contributed by atoms with Crippen molar-refractivity contribution in [1.82, 2.24) is 0 Å². The molecule has 2 atom stereocenters. The van der Waals surface area contributed by atoms with Gasteiger partial charge in [-0.3, -0.25) is 4.79 Å². The SMILES string of the molecule is CO[C@H]1CN(c2ccc(C3CCCCC3)cc2)C(C)(C=O)O1. The van der Waals surface area contributed by atoms with Gasteiger partial charge >= 0.3 is 0 Å². The van der Waals surface area contributed by atoms with Crippen LogP contribution in [0.25, 0.3) is 0 Å². The van der Waals surface area contributed by atoms with Crippen molar-refractivity contribution in [3.63, 3.8) is 0 Å². The summed E-state index contributed by atoms with van der Waals surface area (Å²) in [4.78, 5) is 13.4. The van der Waals surface area contributed by atoms with Gasteiger partial charge in [-0.25, -0.2) is 0 Å². The van der Waals surface area contributed by atoms with E-state index in [1.807, 2.05) is 4.90 Å². The molecular weight excluding hydrogens is 278 g/mol. The van der Waals surface area contributed by atoms with Gasteiger partial charge in [0.25, 0.3) is 0 Å². The average molecular weight is 303 g/mol. The summed E-state index contributed by atoms with van der Waals surface area (Å²) >= 11 is 0. The fourth-order valence-electron chi connectivity index (χ4n) is 3.64. The monoisotopic (exact) mass is 303 g/mol. The van der Waals surface area contributed by atoms with Gasteiger partial charge in [-0.05, 0) is 43.4 Å². The van der Waals surface area contributed by atoms with E-state index in [4.69, 9.17) is 9.47 Å². The van der Waals surface area contributed by atoms with Crippen LogP contribution in [0.1, 0.15) is 50.5 Å². The van der Waals surface area contributed by atoms with Crippen molar-refractivity contribution in [3.05, 3.63) is 29.8 Å². The molecule has 0 radical (unpaired) electrons. The van der Waals surface area contributed by atoms with Crippen molar-refractivity contribution in [2.75, 3.05) is 18.6 Å². The van der Waals surface area contributed by atoms with Crippen molar-refractivity contribution in [1.29, 1.82) is 0 Å². The maximum absolute atomic E-state index is 11.5. The lowest BCUT2D eigenvalue weighted by Crippen LogP contribution is -2.43. The predicted molar refractivity (Wildman–Crippen MR) is 86.0 cm³/mol. The van der Waals surface area contributed by atoms with E-state index in [1.54, 1.807) is 14.0 Å². The Morgan fingerprint density at radius 2 is 1.91 bits per heavy atom. The number of nitrogens with zero attached hydrogens (tertiary/aromatic N) is 1. The molecule has 1 aromatic rings. The molecule has 1 aliphatic heterocycles. The van der Waals surface area contributed by atoms with Crippen LogP contribution in [0.15, 0.2) is 24.3 Å². The van der Waals surface area contributed by atoms with Crippen LogP contribution in [0.4, 0.5) is 5.69 Å². The largest absolute Gasteiger partial charge is 0.354 e. The minimum Gasteiger partial charge on any atom is -0.354 e. The summed E-state index contributed by atoms with van der Waals surface area (Å²) in [5, 5.41) is 0. The van der Waals surface area contributed by atoms with Gasteiger partial charge in [-0.15, -0.1) is 0 Å². The highest BCUT2D eigenvalue weighted by Gasteiger charge is 2.43. The zero-order valence-corrected chi connectivity index (χ0v) is 13.5. The Kier molecular flexibility index (Phi) is 4.50. The van der Waals surface area contributed by atoms with E-state index in [0.29, 0.717) is 12.5 Å². The second-order valence-electron chi connectivity index (χ2n) is 6.49. The van der Waals surface area contributed by atoms with Crippen molar-refractivity contribution in [2.45, 2.75) is 57.0 Å². The molecule has 0 aromatic heterocycles. The number of ether oxygens (including phenoxy) is 2. The molecule has 1 heterocycles. The van der Waals surface area contributed by atoms with Gasteiger partial charge < -0.3 is 14.4 Å². The Labute approximate surface area is 132 Å². The van der Waals surface area contributed by atoms with Crippen molar-refractivity contribution < 1.29 is 14.3 Å². The summed E-state index contributed by atoms with van der Waals surface area (Å²) in [7, 11) is 1.60. The van der Waals surface area contributed by atoms with E-state index in [-0.39, 0.29) is 6.29 Å². The third-order valence-corrected chi connectivity index (χ3v) is 5.00. The van der Waals surface area contributed by atoms with Crippen molar-refractivity contribution >= 4 is 12.0 Å². The van der Waals surface area contributed by atoms with Crippen LogP contribution in [0, 0.1) is 0 Å². The second kappa shape index (κ2) is 6.39. The molecule has 22 heavy (non-hydrogen) atoms. The second-order valence-corrected chi connectivity index (χ2v) is 6.49. The number of anilines is 1. The maximum atomic E-state index is 11.5. The van der Waals surface area contributed by atoms with Gasteiger partial charge in [0.05, 0.1) is 6.54 Å². The van der Waals surface area contributed by atoms with Gasteiger partial charge in [-0.1, -0.05) is 31.4 Å². The summed E-state index contributed by atoms with van der Waals surface area (Å²) in [6.45, 7) is 2.35. The van der Waals surface area contributed by atoms with Crippen LogP contribution < -0.4 is 4.90 Å². The van der Waals surface area contributed by atoms with Gasteiger partial charge in [0.15, 0.2) is 18.3 Å². The van der Waals surface area contributed by atoms with Crippen LogP contribution >= 0.6 is 0 Å². The number of carbonyl (C=O) groups excluding carboxylic acids is 1. The molecule has 0 N–H and O–H groups in total. The Morgan fingerprint density at radius 3 is 2.50 bits per heavy atom. The fourth-order valence-corrected chi connectivity index (χ4v) is 3.64. The highest BCUT2D eigenvalue weighted by Crippen LogP contribution is 2.35. The molecule has 1 aromatic carbocycles. The number of benzene rings is 1. The van der Waals surface area contributed by atoms with Crippen molar-refractivity contribution in [2.24, 2.45) is 0 Å². The highest BCUT2D eigenvalue weighted by molar-refractivity contribution is 5.70. The first-order chi connectivity index (χ1) is 10.7. The maximum Gasteiger partial charge on any atom is 0.198 e. The number of hydrogen-bond acceptors (Lipinski definition) is 4. The van der Waals surface area contributed by atoms with Crippen LogP contribution in [0.5, 0.6) is 0 Å². The van der Waals surface area contributed by atoms with E-state index in [1.165, 1.54) is 37.7 Å². The van der Waals surface area contributed by atoms with E-state index < -0.39 is 5.72 Å². The predicted octanol–water partition coefficient (Wildman–Crippen LogP) is 3.46. The number of carbonyl (C=O) groups is 1. The molecule has 1 saturated carbocycles. The topological polar surface area (TPSA) is 38.8 Å². The zero-order chi connectivity index (χ0) is 15.6. The first-order valence-corrected chi connectivity index (χ1v) is 8.21. The molecule has 120 valence electrons. The first-order valence-electron chi connectivity index (χ1n) is 8.21. The average Bonchev–Trinajstić information content (AvgIpc) is 2.93. The molecule has 0 bridgehead atoms. The Hall–Kier alpha value is -1.39. The molecule has 2 fully saturated rings. The quantitative estimate of drug-likeness (QED) is 0.799. The minimum absolute atomic E-state index is 0.367. The minimum atomic E-state index is -0.951. The highest BCUT2D eigenvalue weighted by atomic mass is 16.7. The summed E-state index contributed by atoms with van der Waals surface area (Å²) < 4.78 is 11.0. The van der Waals surface area contributed by atoms with Crippen LogP contribution in [-0.4, -0.2) is 32.0 Å². The Morgan fingerprint density at radius 1 is 1.23 bits per heavy atom. The van der Waals surface area contributed by atoms with E-state index in [2.05, 4.69) is 24.3 Å². The van der Waals surface area contributed by atoms with E-state index in [0.717, 1.165) is 12.0 Å². The number of aldehydes is 1. The zero-order valence-electron chi connectivity index (χ0n) is 13.5. The van der Waals surface area contributed by atoms with Crippen LogP contribution in [-0.2, 0) is 14.3 Å².